The van der Waals surface area contributed by atoms with Crippen molar-refractivity contribution in [2.24, 2.45) is 0 Å². The van der Waals surface area contributed by atoms with Crippen LogP contribution in [0.1, 0.15) is 124 Å². The monoisotopic (exact) mass is 386 g/mol. The van der Waals surface area contributed by atoms with Gasteiger partial charge in [-0.2, -0.15) is 0 Å². The highest BCUT2D eigenvalue weighted by atomic mass is 14.3. The second kappa shape index (κ2) is 8.90. The van der Waals surface area contributed by atoms with Crippen LogP contribution in [-0.4, -0.2) is 0 Å². The van der Waals surface area contributed by atoms with Crippen molar-refractivity contribution >= 4 is 0 Å². The highest BCUT2D eigenvalue weighted by Gasteiger charge is 2.30. The van der Waals surface area contributed by atoms with E-state index in [4.69, 9.17) is 0 Å². The molecule has 0 nitrogen and oxygen atoms in total. The molecule has 0 amide bonds. The zero-order valence-corrected chi connectivity index (χ0v) is 19.6. The molecule has 3 rings (SSSR count). The molecule has 29 heavy (non-hydrogen) atoms. The van der Waals surface area contributed by atoms with Gasteiger partial charge in [0.15, 0.2) is 0 Å². The van der Waals surface area contributed by atoms with E-state index in [2.05, 4.69) is 110 Å². The second-order valence-electron chi connectivity index (χ2n) is 9.83. The summed E-state index contributed by atoms with van der Waals surface area (Å²) >= 11 is 0. The first-order chi connectivity index (χ1) is 13.7. The number of allylic oxidation sites excluding steroid dienone is 2. The van der Waals surface area contributed by atoms with E-state index in [1.807, 2.05) is 0 Å². The third-order valence-corrected chi connectivity index (χ3v) is 6.31. The SMILES string of the molecule is CC(C)c1cccc(C(C)C)c1C1[C]C(c2c(C(C)C)cccc2C(C)C)C=C1. The lowest BCUT2D eigenvalue weighted by atomic mass is 9.78. The van der Waals surface area contributed by atoms with E-state index in [-0.39, 0.29) is 11.8 Å². The lowest BCUT2D eigenvalue weighted by Crippen LogP contribution is -2.10. The van der Waals surface area contributed by atoms with Crippen molar-refractivity contribution in [1.82, 2.24) is 0 Å². The van der Waals surface area contributed by atoms with Crippen LogP contribution in [-0.2, 0) is 0 Å². The van der Waals surface area contributed by atoms with Crippen molar-refractivity contribution in [2.75, 3.05) is 0 Å². The van der Waals surface area contributed by atoms with E-state index in [9.17, 15) is 0 Å². The first-order valence-corrected chi connectivity index (χ1v) is 11.4. The zero-order valence-electron chi connectivity index (χ0n) is 19.6. The summed E-state index contributed by atoms with van der Waals surface area (Å²) in [6, 6.07) is 13.7. The molecule has 0 fully saturated rings. The predicted molar refractivity (Wildman–Crippen MR) is 127 cm³/mol. The largest absolute Gasteiger partial charge is 0.0797 e. The van der Waals surface area contributed by atoms with Crippen LogP contribution in [0.3, 0.4) is 0 Å². The number of hydrogen-bond acceptors (Lipinski definition) is 0. The van der Waals surface area contributed by atoms with Crippen LogP contribution < -0.4 is 0 Å². The van der Waals surface area contributed by atoms with Gasteiger partial charge in [-0.25, -0.2) is 0 Å². The molecule has 2 aromatic carbocycles. The van der Waals surface area contributed by atoms with E-state index in [0.29, 0.717) is 23.7 Å². The molecule has 2 aromatic rings. The molecule has 0 heteroatoms. The standard InChI is InChI=1S/C29H38/c1-18(2)24-11-9-12-25(19(3)4)28(24)22-15-16-23(17-22)29-26(20(5)6)13-10-14-27(29)21(7)8/h9-16,18-23H,1-8H3. The summed E-state index contributed by atoms with van der Waals surface area (Å²) in [5.41, 5.74) is 8.87. The van der Waals surface area contributed by atoms with Gasteiger partial charge in [0, 0.05) is 18.3 Å². The molecular formula is C29H38. The fourth-order valence-electron chi connectivity index (χ4n) is 4.82. The van der Waals surface area contributed by atoms with E-state index in [1.54, 1.807) is 0 Å². The van der Waals surface area contributed by atoms with Gasteiger partial charge in [0.2, 0.25) is 0 Å². The third kappa shape index (κ3) is 4.37. The van der Waals surface area contributed by atoms with E-state index in [1.165, 1.54) is 33.4 Å². The Morgan fingerprint density at radius 1 is 0.517 bits per heavy atom. The highest BCUT2D eigenvalue weighted by molar-refractivity contribution is 5.52. The minimum absolute atomic E-state index is 0.274. The Labute approximate surface area is 179 Å². The summed E-state index contributed by atoms with van der Waals surface area (Å²) in [5, 5.41) is 0. The first-order valence-electron chi connectivity index (χ1n) is 11.4. The maximum Gasteiger partial charge on any atom is 0.0102 e. The average molecular weight is 387 g/mol. The van der Waals surface area contributed by atoms with Gasteiger partial charge in [0.1, 0.15) is 0 Å². The number of hydrogen-bond donors (Lipinski definition) is 0. The summed E-state index contributed by atoms with van der Waals surface area (Å²) in [5.74, 6) is 2.63. The van der Waals surface area contributed by atoms with Gasteiger partial charge in [0.25, 0.3) is 0 Å². The lowest BCUT2D eigenvalue weighted by Gasteiger charge is -2.26. The molecule has 1 aliphatic rings. The molecule has 0 saturated carbocycles. The minimum Gasteiger partial charge on any atom is -0.0797 e. The Kier molecular flexibility index (Phi) is 6.72. The van der Waals surface area contributed by atoms with Crippen LogP contribution in [0.25, 0.3) is 0 Å². The van der Waals surface area contributed by atoms with Gasteiger partial charge in [0.05, 0.1) is 0 Å². The molecule has 0 saturated heterocycles. The van der Waals surface area contributed by atoms with E-state index in [0.717, 1.165) is 0 Å². The third-order valence-electron chi connectivity index (χ3n) is 6.31. The second-order valence-corrected chi connectivity index (χ2v) is 9.83. The topological polar surface area (TPSA) is 0 Å². The molecule has 0 bridgehead atoms. The first kappa shape index (κ1) is 21.9. The van der Waals surface area contributed by atoms with Gasteiger partial charge >= 0.3 is 0 Å². The maximum atomic E-state index is 3.99. The Hall–Kier alpha value is -1.82. The molecule has 154 valence electrons. The molecule has 1 aliphatic carbocycles. The number of rotatable bonds is 6. The Morgan fingerprint density at radius 2 is 0.793 bits per heavy atom. The summed E-state index contributed by atoms with van der Waals surface area (Å²) < 4.78 is 0. The summed E-state index contributed by atoms with van der Waals surface area (Å²) in [6.07, 6.45) is 8.80. The Morgan fingerprint density at radius 3 is 1.03 bits per heavy atom. The zero-order chi connectivity index (χ0) is 21.3. The van der Waals surface area contributed by atoms with E-state index < -0.39 is 0 Å². The van der Waals surface area contributed by atoms with Crippen molar-refractivity contribution < 1.29 is 0 Å². The molecule has 2 atom stereocenters. The van der Waals surface area contributed by atoms with Gasteiger partial charge in [-0.1, -0.05) is 104 Å². The fraction of sp³-hybridized carbons (Fsp3) is 0.483. The average Bonchev–Trinajstić information content (AvgIpc) is 3.15. The van der Waals surface area contributed by atoms with Gasteiger partial charge in [-0.15, -0.1) is 0 Å². The van der Waals surface area contributed by atoms with Crippen LogP contribution in [0.2, 0.25) is 0 Å². The Balaban J connectivity index is 2.05. The predicted octanol–water partition coefficient (Wildman–Crippen LogP) is 8.70. The van der Waals surface area contributed by atoms with Crippen LogP contribution in [0.5, 0.6) is 0 Å². The van der Waals surface area contributed by atoms with Gasteiger partial charge in [-0.3, -0.25) is 0 Å². The van der Waals surface area contributed by atoms with E-state index >= 15 is 0 Å². The minimum atomic E-state index is 0.274. The molecule has 0 heterocycles. The van der Waals surface area contributed by atoms with Crippen LogP contribution in [0.4, 0.5) is 0 Å². The molecule has 2 radical (unpaired) electrons. The normalized spacial score (nSPS) is 19.3. The molecule has 0 aliphatic heterocycles. The maximum absolute atomic E-state index is 3.99. The Bertz CT molecular complexity index is 740. The molecular weight excluding hydrogens is 348 g/mol. The van der Waals surface area contributed by atoms with Crippen LogP contribution >= 0.6 is 0 Å². The number of benzene rings is 2. The van der Waals surface area contributed by atoms with Crippen molar-refractivity contribution in [3.8, 4) is 0 Å². The molecule has 2 unspecified atom stereocenters. The highest BCUT2D eigenvalue weighted by Crippen LogP contribution is 2.45. The van der Waals surface area contributed by atoms with Crippen molar-refractivity contribution in [2.45, 2.75) is 90.9 Å². The summed E-state index contributed by atoms with van der Waals surface area (Å²) in [6.45, 7) is 18.5. The van der Waals surface area contributed by atoms with Crippen molar-refractivity contribution in [3.05, 3.63) is 88.4 Å². The molecule has 0 N–H and O–H groups in total. The van der Waals surface area contributed by atoms with Crippen molar-refractivity contribution in [1.29, 1.82) is 0 Å². The van der Waals surface area contributed by atoms with Gasteiger partial charge in [-0.05, 0) is 57.1 Å². The quantitative estimate of drug-likeness (QED) is 0.435. The smallest absolute Gasteiger partial charge is 0.0102 e. The van der Waals surface area contributed by atoms with Crippen LogP contribution in [0, 0.1) is 6.42 Å². The van der Waals surface area contributed by atoms with Crippen LogP contribution in [0.15, 0.2) is 48.6 Å². The van der Waals surface area contributed by atoms with Gasteiger partial charge < -0.3 is 0 Å². The molecule has 0 spiro atoms. The molecule has 0 aromatic heterocycles. The fourth-order valence-corrected chi connectivity index (χ4v) is 4.82. The lowest BCUT2D eigenvalue weighted by molar-refractivity contribution is 0.758. The summed E-state index contributed by atoms with van der Waals surface area (Å²) in [7, 11) is 0. The summed E-state index contributed by atoms with van der Waals surface area (Å²) in [4.78, 5) is 0. The van der Waals surface area contributed by atoms with Crippen molar-refractivity contribution in [3.63, 3.8) is 0 Å².